The summed E-state index contributed by atoms with van der Waals surface area (Å²) < 4.78 is 0. The topological polar surface area (TPSA) is 0 Å². The van der Waals surface area contributed by atoms with Crippen LogP contribution in [0.15, 0.2) is 23.8 Å². The number of halogens is 1. The summed E-state index contributed by atoms with van der Waals surface area (Å²) in [4.78, 5) is -0.204. The van der Waals surface area contributed by atoms with Gasteiger partial charge in [0.15, 0.2) is 0 Å². The van der Waals surface area contributed by atoms with Crippen molar-refractivity contribution in [2.45, 2.75) is 18.7 Å². The van der Waals surface area contributed by atoms with Gasteiger partial charge in [0.05, 0.1) is 4.87 Å². The van der Waals surface area contributed by atoms with Crippen molar-refractivity contribution in [1.82, 2.24) is 0 Å². The Morgan fingerprint density at radius 1 is 1.62 bits per heavy atom. The van der Waals surface area contributed by atoms with Crippen molar-refractivity contribution in [3.8, 4) is 0 Å². The fourth-order valence-corrected chi connectivity index (χ4v) is 1.07. The highest BCUT2D eigenvalue weighted by Gasteiger charge is 2.16. The highest BCUT2D eigenvalue weighted by molar-refractivity contribution is 6.26. The first-order chi connectivity index (χ1) is 3.60. The molecular weight excluding hydrogens is 120 g/mol. The zero-order valence-electron chi connectivity index (χ0n) is 5.11. The lowest BCUT2D eigenvalue weighted by Crippen LogP contribution is -2.03. The first-order valence-corrected chi connectivity index (χ1v) is 3.05. The van der Waals surface area contributed by atoms with Gasteiger partial charge >= 0.3 is 0 Å². The minimum Gasteiger partial charge on any atom is -0.110 e. The van der Waals surface area contributed by atoms with Crippen LogP contribution in [-0.2, 0) is 0 Å². The number of hydrogen-bond acceptors (Lipinski definition) is 0. The third-order valence-electron chi connectivity index (χ3n) is 1.18. The summed E-state index contributed by atoms with van der Waals surface area (Å²) in [6.45, 7) is 4.02. The number of hydrogen-bond donors (Lipinski definition) is 0. The average molecular weight is 129 g/mol. The third kappa shape index (κ3) is 1.13. The quantitative estimate of drug-likeness (QED) is 0.440. The predicted molar refractivity (Wildman–Crippen MR) is 37.2 cm³/mol. The second kappa shape index (κ2) is 1.63. The Balaban J connectivity index is 2.84. The lowest BCUT2D eigenvalue weighted by atomic mass is 10.2. The molecule has 0 bridgehead atoms. The zero-order chi connectivity index (χ0) is 6.20. The van der Waals surface area contributed by atoms with Gasteiger partial charge in [-0.1, -0.05) is 23.8 Å². The summed E-state index contributed by atoms with van der Waals surface area (Å²) in [5.74, 6) is 0. The fourth-order valence-electron chi connectivity index (χ4n) is 0.836. The Kier molecular flexibility index (Phi) is 1.20. The van der Waals surface area contributed by atoms with Crippen LogP contribution < -0.4 is 0 Å². The van der Waals surface area contributed by atoms with Gasteiger partial charge in [0.2, 0.25) is 0 Å². The molecule has 0 aromatic carbocycles. The minimum absolute atomic E-state index is 0.204. The number of alkyl halides is 1. The molecule has 0 aromatic heterocycles. The van der Waals surface area contributed by atoms with Crippen LogP contribution in [0.2, 0.25) is 0 Å². The summed E-state index contributed by atoms with van der Waals surface area (Å²) in [6.07, 6.45) is 6.06. The molecule has 0 heterocycles. The highest BCUT2D eigenvalue weighted by Crippen LogP contribution is 2.25. The van der Waals surface area contributed by atoms with Gasteiger partial charge in [0.1, 0.15) is 0 Å². The molecule has 0 fully saturated rings. The Bertz CT molecular complexity index is 152. The minimum atomic E-state index is -0.204. The highest BCUT2D eigenvalue weighted by atomic mass is 35.5. The van der Waals surface area contributed by atoms with Crippen molar-refractivity contribution in [1.29, 1.82) is 0 Å². The maximum absolute atomic E-state index is 5.90. The van der Waals surface area contributed by atoms with Crippen molar-refractivity contribution < 1.29 is 0 Å². The summed E-state index contributed by atoms with van der Waals surface area (Å²) in [7, 11) is 0. The second-order valence-electron chi connectivity index (χ2n) is 2.37. The van der Waals surface area contributed by atoms with Gasteiger partial charge in [-0.25, -0.2) is 0 Å². The summed E-state index contributed by atoms with van der Waals surface area (Å²) >= 11 is 5.90. The van der Waals surface area contributed by atoms with E-state index in [-0.39, 0.29) is 4.87 Å². The molecule has 44 valence electrons. The Morgan fingerprint density at radius 3 is 2.38 bits per heavy atom. The molecule has 1 unspecified atom stereocenters. The lowest BCUT2D eigenvalue weighted by molar-refractivity contribution is 1.01. The van der Waals surface area contributed by atoms with Crippen LogP contribution in [0.5, 0.6) is 0 Å². The largest absolute Gasteiger partial charge is 0.110 e. The van der Waals surface area contributed by atoms with E-state index in [1.165, 1.54) is 5.57 Å². The first kappa shape index (κ1) is 5.90. The van der Waals surface area contributed by atoms with Crippen LogP contribution in [0.1, 0.15) is 13.8 Å². The van der Waals surface area contributed by atoms with Crippen LogP contribution in [0.25, 0.3) is 0 Å². The van der Waals surface area contributed by atoms with Crippen molar-refractivity contribution in [3.05, 3.63) is 23.8 Å². The van der Waals surface area contributed by atoms with E-state index in [9.17, 15) is 0 Å². The standard InChI is InChI=1S/C7H9Cl/c1-6-3-4-7(2,8)5-6/h3-5H,1-2H3. The number of allylic oxidation sites excluding steroid dienone is 4. The normalized spacial score (nSPS) is 35.6. The van der Waals surface area contributed by atoms with E-state index in [1.54, 1.807) is 0 Å². The molecule has 1 aliphatic rings. The first-order valence-electron chi connectivity index (χ1n) is 2.68. The molecule has 1 atom stereocenters. The summed E-state index contributed by atoms with van der Waals surface area (Å²) in [5, 5.41) is 0. The van der Waals surface area contributed by atoms with Crippen LogP contribution in [0.3, 0.4) is 0 Å². The maximum atomic E-state index is 5.90. The van der Waals surface area contributed by atoms with Crippen LogP contribution in [-0.4, -0.2) is 4.87 Å². The van der Waals surface area contributed by atoms with E-state index in [0.717, 1.165) is 0 Å². The van der Waals surface area contributed by atoms with Gasteiger partial charge in [0, 0.05) is 0 Å². The Morgan fingerprint density at radius 2 is 2.25 bits per heavy atom. The van der Waals surface area contributed by atoms with Crippen molar-refractivity contribution in [2.24, 2.45) is 0 Å². The molecular formula is C7H9Cl. The van der Waals surface area contributed by atoms with E-state index in [1.807, 2.05) is 32.1 Å². The van der Waals surface area contributed by atoms with Gasteiger partial charge in [-0.2, -0.15) is 0 Å². The van der Waals surface area contributed by atoms with E-state index < -0.39 is 0 Å². The van der Waals surface area contributed by atoms with Crippen LogP contribution in [0.4, 0.5) is 0 Å². The molecule has 0 nitrogen and oxygen atoms in total. The SMILES string of the molecule is CC1=CC(C)(Cl)C=C1. The zero-order valence-corrected chi connectivity index (χ0v) is 5.87. The smallest absolute Gasteiger partial charge is 0.0786 e. The monoisotopic (exact) mass is 128 g/mol. The van der Waals surface area contributed by atoms with Crippen molar-refractivity contribution >= 4 is 11.6 Å². The third-order valence-corrected chi connectivity index (χ3v) is 1.42. The molecule has 0 N–H and O–H groups in total. The van der Waals surface area contributed by atoms with Crippen molar-refractivity contribution in [2.75, 3.05) is 0 Å². The summed E-state index contributed by atoms with van der Waals surface area (Å²) in [6, 6.07) is 0. The average Bonchev–Trinajstić information content (AvgIpc) is 1.82. The predicted octanol–water partition coefficient (Wildman–Crippen LogP) is 2.50. The molecule has 0 saturated heterocycles. The number of rotatable bonds is 0. The molecule has 0 amide bonds. The molecule has 8 heavy (non-hydrogen) atoms. The fraction of sp³-hybridized carbons (Fsp3) is 0.429. The summed E-state index contributed by atoms with van der Waals surface area (Å²) in [5.41, 5.74) is 1.25. The van der Waals surface area contributed by atoms with Gasteiger partial charge in [-0.15, -0.1) is 11.6 Å². The molecule has 1 heteroatoms. The Hall–Kier alpha value is -0.230. The Labute approximate surface area is 54.8 Å². The van der Waals surface area contributed by atoms with E-state index in [0.29, 0.717) is 0 Å². The molecule has 0 aromatic rings. The maximum Gasteiger partial charge on any atom is 0.0786 e. The second-order valence-corrected chi connectivity index (χ2v) is 3.19. The molecule has 0 saturated carbocycles. The van der Waals surface area contributed by atoms with Gasteiger partial charge in [-0.05, 0) is 13.8 Å². The van der Waals surface area contributed by atoms with E-state index in [2.05, 4.69) is 0 Å². The molecule has 0 radical (unpaired) electrons. The van der Waals surface area contributed by atoms with Crippen molar-refractivity contribution in [3.63, 3.8) is 0 Å². The van der Waals surface area contributed by atoms with Gasteiger partial charge in [0.25, 0.3) is 0 Å². The lowest BCUT2D eigenvalue weighted by Gasteiger charge is -2.05. The molecule has 1 aliphatic carbocycles. The van der Waals surface area contributed by atoms with Gasteiger partial charge < -0.3 is 0 Å². The molecule has 0 aliphatic heterocycles. The molecule has 1 rings (SSSR count). The van der Waals surface area contributed by atoms with E-state index in [4.69, 9.17) is 11.6 Å². The van der Waals surface area contributed by atoms with Crippen LogP contribution >= 0.6 is 11.6 Å². The van der Waals surface area contributed by atoms with E-state index >= 15 is 0 Å². The molecule has 0 spiro atoms. The van der Waals surface area contributed by atoms with Gasteiger partial charge in [-0.3, -0.25) is 0 Å². The van der Waals surface area contributed by atoms with Crippen LogP contribution in [0, 0.1) is 0 Å².